The van der Waals surface area contributed by atoms with Crippen molar-refractivity contribution in [3.63, 3.8) is 0 Å². The molecule has 0 atom stereocenters. The first kappa shape index (κ1) is 12.6. The first-order valence-corrected chi connectivity index (χ1v) is 4.73. The number of amides is 3. The molecule has 90 valence electrons. The normalized spacial score (nSPS) is 9.47. The minimum Gasteiger partial charge on any atom is -0.338 e. The smallest absolute Gasteiger partial charge is 0.321 e. The van der Waals surface area contributed by atoms with E-state index in [1.165, 1.54) is 0 Å². The van der Waals surface area contributed by atoms with Crippen molar-refractivity contribution in [2.45, 2.75) is 6.92 Å². The molecule has 0 aliphatic carbocycles. The lowest BCUT2D eigenvalue weighted by Gasteiger charge is -2.03. The van der Waals surface area contributed by atoms with E-state index in [4.69, 9.17) is 0 Å². The van der Waals surface area contributed by atoms with Crippen LogP contribution in [0.15, 0.2) is 18.5 Å². The van der Waals surface area contributed by atoms with Gasteiger partial charge in [-0.1, -0.05) is 0 Å². The molecule has 0 radical (unpaired) electrons. The van der Waals surface area contributed by atoms with Gasteiger partial charge in [-0.05, 0) is 6.92 Å². The summed E-state index contributed by atoms with van der Waals surface area (Å²) in [7, 11) is 0. The van der Waals surface area contributed by atoms with Crippen LogP contribution in [0.3, 0.4) is 0 Å². The second-order valence-electron chi connectivity index (χ2n) is 3.00. The molecule has 0 saturated heterocycles. The number of carbonyl (C=O) groups is 2. The van der Waals surface area contributed by atoms with E-state index in [9.17, 15) is 19.7 Å². The Morgan fingerprint density at radius 2 is 2.18 bits per heavy atom. The first-order chi connectivity index (χ1) is 8.04. The Hall–Kier alpha value is -2.51. The molecule has 2 N–H and O–H groups in total. The van der Waals surface area contributed by atoms with Crippen LogP contribution < -0.4 is 10.6 Å². The van der Waals surface area contributed by atoms with Crippen LogP contribution in [-0.4, -0.2) is 28.4 Å². The zero-order valence-corrected chi connectivity index (χ0v) is 8.97. The van der Waals surface area contributed by atoms with Crippen molar-refractivity contribution in [2.75, 3.05) is 6.54 Å². The van der Waals surface area contributed by atoms with E-state index in [1.807, 2.05) is 5.32 Å². The van der Waals surface area contributed by atoms with E-state index in [0.717, 1.165) is 18.5 Å². The third-order valence-corrected chi connectivity index (χ3v) is 1.76. The molecule has 0 bridgehead atoms. The molecule has 0 aromatic carbocycles. The monoisotopic (exact) mass is 238 g/mol. The predicted molar refractivity (Wildman–Crippen MR) is 57.4 cm³/mol. The van der Waals surface area contributed by atoms with Crippen LogP contribution in [0.2, 0.25) is 0 Å². The highest BCUT2D eigenvalue weighted by atomic mass is 16.6. The topological polar surface area (TPSA) is 114 Å². The number of carbonyl (C=O) groups excluding carboxylic acids is 2. The largest absolute Gasteiger partial charge is 0.338 e. The first-order valence-electron chi connectivity index (χ1n) is 4.73. The molecular weight excluding hydrogens is 228 g/mol. The molecule has 8 nitrogen and oxygen atoms in total. The quantitative estimate of drug-likeness (QED) is 0.586. The van der Waals surface area contributed by atoms with Gasteiger partial charge < -0.3 is 5.32 Å². The van der Waals surface area contributed by atoms with Gasteiger partial charge in [-0.15, -0.1) is 0 Å². The Morgan fingerprint density at radius 1 is 1.47 bits per heavy atom. The van der Waals surface area contributed by atoms with Crippen LogP contribution in [0.1, 0.15) is 17.3 Å². The molecule has 0 fully saturated rings. The van der Waals surface area contributed by atoms with E-state index in [1.54, 1.807) is 6.92 Å². The average molecular weight is 238 g/mol. The summed E-state index contributed by atoms with van der Waals surface area (Å²) in [6.07, 6.45) is 2.16. The van der Waals surface area contributed by atoms with Crippen molar-refractivity contribution in [2.24, 2.45) is 0 Å². The number of imide groups is 1. The highest BCUT2D eigenvalue weighted by Gasteiger charge is 2.14. The highest BCUT2D eigenvalue weighted by Crippen LogP contribution is 2.10. The van der Waals surface area contributed by atoms with Gasteiger partial charge in [0.15, 0.2) is 0 Å². The Balaban J connectivity index is 2.79. The molecule has 0 aliphatic heterocycles. The number of hydrogen-bond donors (Lipinski definition) is 2. The second-order valence-corrected chi connectivity index (χ2v) is 3.00. The third kappa shape index (κ3) is 3.52. The number of hydrogen-bond acceptors (Lipinski definition) is 5. The van der Waals surface area contributed by atoms with Crippen LogP contribution in [0.4, 0.5) is 10.5 Å². The number of urea groups is 1. The van der Waals surface area contributed by atoms with Gasteiger partial charge >= 0.3 is 6.03 Å². The lowest BCUT2D eigenvalue weighted by atomic mass is 10.2. The molecule has 1 heterocycles. The lowest BCUT2D eigenvalue weighted by molar-refractivity contribution is -0.385. The van der Waals surface area contributed by atoms with Crippen molar-refractivity contribution < 1.29 is 14.5 Å². The Bertz CT molecular complexity index is 460. The maximum Gasteiger partial charge on any atom is 0.321 e. The molecule has 0 spiro atoms. The number of aromatic nitrogens is 1. The Labute approximate surface area is 96.2 Å². The summed E-state index contributed by atoms with van der Waals surface area (Å²) in [6.45, 7) is 2.06. The van der Waals surface area contributed by atoms with Crippen LogP contribution in [0, 0.1) is 10.1 Å². The van der Waals surface area contributed by atoms with Crippen molar-refractivity contribution in [3.05, 3.63) is 34.1 Å². The van der Waals surface area contributed by atoms with Crippen LogP contribution in [-0.2, 0) is 0 Å². The van der Waals surface area contributed by atoms with Crippen LogP contribution in [0.5, 0.6) is 0 Å². The number of nitrogens with zero attached hydrogens (tertiary/aromatic N) is 2. The molecule has 1 aromatic rings. The maximum absolute atomic E-state index is 11.5. The van der Waals surface area contributed by atoms with Gasteiger partial charge in [0, 0.05) is 18.8 Å². The van der Waals surface area contributed by atoms with E-state index in [2.05, 4.69) is 10.3 Å². The summed E-state index contributed by atoms with van der Waals surface area (Å²) >= 11 is 0. The second kappa shape index (κ2) is 5.54. The van der Waals surface area contributed by atoms with Gasteiger partial charge in [-0.2, -0.15) is 0 Å². The molecular formula is C9H10N4O4. The van der Waals surface area contributed by atoms with Crippen molar-refractivity contribution >= 4 is 17.6 Å². The van der Waals surface area contributed by atoms with Crippen LogP contribution >= 0.6 is 0 Å². The zero-order valence-electron chi connectivity index (χ0n) is 8.97. The summed E-state index contributed by atoms with van der Waals surface area (Å²) in [5.74, 6) is -0.743. The SMILES string of the molecule is CCNC(=O)NC(=O)c1cncc([N+](=O)[O-])c1. The van der Waals surface area contributed by atoms with Crippen molar-refractivity contribution in [1.29, 1.82) is 0 Å². The molecule has 8 heteroatoms. The summed E-state index contributed by atoms with van der Waals surface area (Å²) < 4.78 is 0. The van der Waals surface area contributed by atoms with Crippen molar-refractivity contribution in [1.82, 2.24) is 15.6 Å². The van der Waals surface area contributed by atoms with Crippen LogP contribution in [0.25, 0.3) is 0 Å². The molecule has 1 aromatic heterocycles. The molecule has 3 amide bonds. The van der Waals surface area contributed by atoms with Crippen molar-refractivity contribution in [3.8, 4) is 0 Å². The number of pyridine rings is 1. The van der Waals surface area contributed by atoms with Gasteiger partial charge in [-0.3, -0.25) is 25.2 Å². The number of rotatable bonds is 3. The third-order valence-electron chi connectivity index (χ3n) is 1.76. The van der Waals surface area contributed by atoms with Gasteiger partial charge in [-0.25, -0.2) is 4.79 Å². The number of nitro groups is 1. The van der Waals surface area contributed by atoms with E-state index in [-0.39, 0.29) is 11.3 Å². The summed E-state index contributed by atoms with van der Waals surface area (Å²) in [5.41, 5.74) is -0.362. The van der Waals surface area contributed by atoms with Gasteiger partial charge in [0.1, 0.15) is 6.20 Å². The molecule has 1 rings (SSSR count). The van der Waals surface area contributed by atoms with Gasteiger partial charge in [0.05, 0.1) is 10.5 Å². The fraction of sp³-hybridized carbons (Fsp3) is 0.222. The molecule has 17 heavy (non-hydrogen) atoms. The predicted octanol–water partition coefficient (Wildman–Crippen LogP) is 0.449. The summed E-state index contributed by atoms with van der Waals surface area (Å²) in [6, 6.07) is 0.380. The maximum atomic E-state index is 11.5. The summed E-state index contributed by atoms with van der Waals surface area (Å²) in [4.78, 5) is 35.8. The minimum absolute atomic E-state index is 0.0505. The number of nitrogens with one attached hydrogen (secondary N) is 2. The van der Waals surface area contributed by atoms with Gasteiger partial charge in [0.25, 0.3) is 11.6 Å². The molecule has 0 aliphatic rings. The minimum atomic E-state index is -0.743. The van der Waals surface area contributed by atoms with E-state index in [0.29, 0.717) is 6.54 Å². The average Bonchev–Trinajstić information content (AvgIpc) is 2.29. The lowest BCUT2D eigenvalue weighted by Crippen LogP contribution is -2.39. The van der Waals surface area contributed by atoms with E-state index < -0.39 is 16.9 Å². The molecule has 0 unspecified atom stereocenters. The fourth-order valence-corrected chi connectivity index (χ4v) is 1.03. The summed E-state index contributed by atoms with van der Waals surface area (Å²) in [5, 5.41) is 14.8. The Kier molecular flexibility index (Phi) is 4.09. The highest BCUT2D eigenvalue weighted by molar-refractivity contribution is 6.04. The fourth-order valence-electron chi connectivity index (χ4n) is 1.03. The standard InChI is InChI=1S/C9H10N4O4/c1-2-11-9(15)12-8(14)6-3-7(13(16)17)5-10-4-6/h3-5H,2H2,1H3,(H2,11,12,14,15). The van der Waals surface area contributed by atoms with E-state index >= 15 is 0 Å². The Morgan fingerprint density at radius 3 is 2.76 bits per heavy atom. The van der Waals surface area contributed by atoms with Gasteiger partial charge in [0.2, 0.25) is 0 Å². The zero-order chi connectivity index (χ0) is 12.8. The molecule has 0 saturated carbocycles.